The van der Waals surface area contributed by atoms with Crippen LogP contribution in [0.1, 0.15) is 19.3 Å². The van der Waals surface area contributed by atoms with Crippen molar-refractivity contribution in [3.63, 3.8) is 0 Å². The Kier molecular flexibility index (Phi) is 1.04. The lowest BCUT2D eigenvalue weighted by Gasteiger charge is -2.17. The maximum absolute atomic E-state index is 5.41. The summed E-state index contributed by atoms with van der Waals surface area (Å²) in [6.45, 7) is 1.01. The maximum atomic E-state index is 5.41. The first-order chi connectivity index (χ1) is 3.95. The van der Waals surface area contributed by atoms with Crippen molar-refractivity contribution in [3.8, 4) is 0 Å². The van der Waals surface area contributed by atoms with Crippen molar-refractivity contribution in [1.82, 2.24) is 0 Å². The number of hydrogen-bond donors (Lipinski definition) is 0. The molecule has 2 rings (SSSR count). The Morgan fingerprint density at radius 3 is 3.00 bits per heavy atom. The first-order valence-electron chi connectivity index (χ1n) is 3.42. The Labute approximate surface area is 50.0 Å². The normalized spacial score (nSPS) is 45.0. The fourth-order valence-electron chi connectivity index (χ4n) is 1.62. The van der Waals surface area contributed by atoms with E-state index >= 15 is 0 Å². The monoisotopic (exact) mass is 111 g/mol. The summed E-state index contributed by atoms with van der Waals surface area (Å²) in [5.74, 6) is 0.911. The van der Waals surface area contributed by atoms with E-state index < -0.39 is 0 Å². The zero-order chi connectivity index (χ0) is 5.40. The molecule has 45 valence electrons. The first-order valence-corrected chi connectivity index (χ1v) is 3.42. The maximum Gasteiger partial charge on any atom is 0.0609 e. The van der Waals surface area contributed by atoms with Crippen molar-refractivity contribution in [2.45, 2.75) is 25.4 Å². The largest absolute Gasteiger partial charge is 0.378 e. The van der Waals surface area contributed by atoms with E-state index in [1.807, 2.05) is 0 Å². The number of rotatable bonds is 0. The Bertz CT molecular complexity index is 76.4. The average Bonchev–Trinajstić information content (AvgIpc) is 2.12. The molecule has 1 saturated heterocycles. The molecule has 2 unspecified atom stereocenters. The molecule has 2 atom stereocenters. The Morgan fingerprint density at radius 1 is 1.25 bits per heavy atom. The molecule has 0 amide bonds. The van der Waals surface area contributed by atoms with Crippen LogP contribution in [0.3, 0.4) is 0 Å². The van der Waals surface area contributed by atoms with Crippen LogP contribution < -0.4 is 0 Å². The molecule has 1 aliphatic carbocycles. The van der Waals surface area contributed by atoms with E-state index in [1.165, 1.54) is 19.3 Å². The molecule has 1 aliphatic heterocycles. The minimum Gasteiger partial charge on any atom is -0.378 e. The van der Waals surface area contributed by atoms with Gasteiger partial charge in [0.1, 0.15) is 0 Å². The third-order valence-corrected chi connectivity index (χ3v) is 2.13. The van der Waals surface area contributed by atoms with Gasteiger partial charge in [-0.15, -0.1) is 0 Å². The molecule has 1 heteroatoms. The predicted molar refractivity (Wildman–Crippen MR) is 31.4 cm³/mol. The zero-order valence-corrected chi connectivity index (χ0v) is 4.97. The molecule has 0 aromatic rings. The molecule has 0 aromatic carbocycles. The van der Waals surface area contributed by atoms with Crippen LogP contribution in [0.4, 0.5) is 0 Å². The summed E-state index contributed by atoms with van der Waals surface area (Å²) in [7, 11) is 0. The van der Waals surface area contributed by atoms with E-state index in [0.717, 1.165) is 12.5 Å². The molecular weight excluding hydrogens is 100 g/mol. The van der Waals surface area contributed by atoms with Crippen LogP contribution in [-0.2, 0) is 4.74 Å². The molecule has 2 aliphatic rings. The summed E-state index contributed by atoms with van der Waals surface area (Å²) < 4.78 is 5.41. The molecule has 1 radical (unpaired) electrons. The van der Waals surface area contributed by atoms with Gasteiger partial charge in [0.2, 0.25) is 0 Å². The second-order valence-electron chi connectivity index (χ2n) is 2.73. The van der Waals surface area contributed by atoms with Gasteiger partial charge in [-0.1, -0.05) is 0 Å². The lowest BCUT2D eigenvalue weighted by molar-refractivity contribution is 0.0595. The summed E-state index contributed by atoms with van der Waals surface area (Å²) in [5.41, 5.74) is 0. The summed E-state index contributed by atoms with van der Waals surface area (Å²) in [4.78, 5) is 0. The predicted octanol–water partition coefficient (Wildman–Crippen LogP) is 1.39. The number of ether oxygens (including phenoxy) is 1. The van der Waals surface area contributed by atoms with Gasteiger partial charge in [0, 0.05) is 6.61 Å². The molecule has 0 spiro atoms. The summed E-state index contributed by atoms with van der Waals surface area (Å²) in [6, 6.07) is 0. The van der Waals surface area contributed by atoms with Crippen LogP contribution in [0.2, 0.25) is 0 Å². The van der Waals surface area contributed by atoms with E-state index in [-0.39, 0.29) is 0 Å². The van der Waals surface area contributed by atoms with Crippen molar-refractivity contribution in [2.75, 3.05) is 6.61 Å². The van der Waals surface area contributed by atoms with E-state index in [2.05, 4.69) is 6.42 Å². The van der Waals surface area contributed by atoms with Gasteiger partial charge >= 0.3 is 0 Å². The van der Waals surface area contributed by atoms with E-state index in [0.29, 0.717) is 6.10 Å². The van der Waals surface area contributed by atoms with Crippen LogP contribution in [0, 0.1) is 12.3 Å². The van der Waals surface area contributed by atoms with Crippen molar-refractivity contribution in [2.24, 2.45) is 5.92 Å². The van der Waals surface area contributed by atoms with E-state index in [9.17, 15) is 0 Å². The Balaban J connectivity index is 2.03. The third kappa shape index (κ3) is 0.655. The van der Waals surface area contributed by atoms with Gasteiger partial charge < -0.3 is 4.74 Å². The standard InChI is InChI=1S/C7H11O/c1-2-7-5-6(1)3-4-8-7/h5-7H,1-4H2. The fourth-order valence-corrected chi connectivity index (χ4v) is 1.62. The van der Waals surface area contributed by atoms with Crippen molar-refractivity contribution in [3.05, 3.63) is 6.42 Å². The van der Waals surface area contributed by atoms with Crippen LogP contribution >= 0.6 is 0 Å². The molecule has 2 fully saturated rings. The van der Waals surface area contributed by atoms with Gasteiger partial charge in [0.05, 0.1) is 6.10 Å². The second kappa shape index (κ2) is 1.73. The zero-order valence-electron chi connectivity index (χ0n) is 4.97. The Morgan fingerprint density at radius 2 is 2.25 bits per heavy atom. The van der Waals surface area contributed by atoms with Gasteiger partial charge in [-0.2, -0.15) is 0 Å². The summed E-state index contributed by atoms with van der Waals surface area (Å²) in [5, 5.41) is 0. The minimum atomic E-state index is 0.536. The van der Waals surface area contributed by atoms with Gasteiger partial charge in [0.15, 0.2) is 0 Å². The van der Waals surface area contributed by atoms with Crippen LogP contribution in [0.5, 0.6) is 0 Å². The van der Waals surface area contributed by atoms with Gasteiger partial charge in [0.25, 0.3) is 0 Å². The molecule has 1 heterocycles. The van der Waals surface area contributed by atoms with E-state index in [4.69, 9.17) is 4.74 Å². The van der Waals surface area contributed by atoms with Crippen molar-refractivity contribution < 1.29 is 4.74 Å². The van der Waals surface area contributed by atoms with Gasteiger partial charge in [-0.25, -0.2) is 0 Å². The smallest absolute Gasteiger partial charge is 0.0609 e. The molecule has 1 nitrogen and oxygen atoms in total. The quantitative estimate of drug-likeness (QED) is 0.459. The highest BCUT2D eigenvalue weighted by molar-refractivity contribution is 4.94. The molecule has 8 heavy (non-hydrogen) atoms. The highest BCUT2D eigenvalue weighted by Gasteiger charge is 2.29. The SMILES string of the molecule is [CH]1C2CCOC1CC2. The number of hydrogen-bond acceptors (Lipinski definition) is 1. The fraction of sp³-hybridized carbons (Fsp3) is 0.857. The topological polar surface area (TPSA) is 9.23 Å². The van der Waals surface area contributed by atoms with Gasteiger partial charge in [-0.3, -0.25) is 0 Å². The van der Waals surface area contributed by atoms with Crippen LogP contribution in [0.25, 0.3) is 0 Å². The first kappa shape index (κ1) is 4.80. The van der Waals surface area contributed by atoms with Gasteiger partial charge in [-0.05, 0) is 31.6 Å². The highest BCUT2D eigenvalue weighted by atomic mass is 16.5. The average molecular weight is 111 g/mol. The molecular formula is C7H11O. The lowest BCUT2D eigenvalue weighted by atomic mass is 10.0. The second-order valence-corrected chi connectivity index (χ2v) is 2.73. The summed E-state index contributed by atoms with van der Waals surface area (Å²) in [6.07, 6.45) is 6.84. The van der Waals surface area contributed by atoms with Crippen LogP contribution in [-0.4, -0.2) is 12.7 Å². The van der Waals surface area contributed by atoms with E-state index in [1.54, 1.807) is 0 Å². The minimum absolute atomic E-state index is 0.536. The summed E-state index contributed by atoms with van der Waals surface area (Å²) >= 11 is 0. The molecule has 1 saturated carbocycles. The molecule has 0 N–H and O–H groups in total. The van der Waals surface area contributed by atoms with Crippen molar-refractivity contribution in [1.29, 1.82) is 0 Å². The Hall–Kier alpha value is -0.0400. The third-order valence-electron chi connectivity index (χ3n) is 2.13. The van der Waals surface area contributed by atoms with Crippen molar-refractivity contribution >= 4 is 0 Å². The van der Waals surface area contributed by atoms with Crippen LogP contribution in [0.15, 0.2) is 0 Å². The highest BCUT2D eigenvalue weighted by Crippen LogP contribution is 2.33. The molecule has 0 aromatic heterocycles. The number of fused-ring (bicyclic) bond motifs is 2. The lowest BCUT2D eigenvalue weighted by Crippen LogP contribution is -2.17. The molecule has 2 bridgehead atoms.